The number of carbonyl (C=O) groups is 1. The standard InChI is InChI=1S/C19H22N4O2S/c1-25-16-10-6-5-9-14(16)15-12-26-19-21-18(22-23(15)19)20-17(24)11-13-7-3-2-4-8-13/h5-6,9-10,12-13H,2-4,7-8,11H2,1H3,(H,20,22,24). The van der Waals surface area contributed by atoms with Crippen molar-refractivity contribution in [3.63, 3.8) is 0 Å². The number of methoxy groups -OCH3 is 1. The Bertz CT molecular complexity index is 911. The van der Waals surface area contributed by atoms with E-state index >= 15 is 0 Å². The van der Waals surface area contributed by atoms with Crippen LogP contribution in [0.3, 0.4) is 0 Å². The number of benzene rings is 1. The first-order valence-electron chi connectivity index (χ1n) is 9.02. The Hall–Kier alpha value is -2.41. The first-order valence-corrected chi connectivity index (χ1v) is 9.90. The van der Waals surface area contributed by atoms with Gasteiger partial charge >= 0.3 is 0 Å². The minimum Gasteiger partial charge on any atom is -0.496 e. The van der Waals surface area contributed by atoms with Crippen molar-refractivity contribution in [1.29, 1.82) is 0 Å². The van der Waals surface area contributed by atoms with Crippen molar-refractivity contribution < 1.29 is 9.53 Å². The molecule has 4 rings (SSSR count). The monoisotopic (exact) mass is 370 g/mol. The number of hydrogen-bond donors (Lipinski definition) is 1. The van der Waals surface area contributed by atoms with E-state index in [-0.39, 0.29) is 5.91 Å². The highest BCUT2D eigenvalue weighted by Gasteiger charge is 2.19. The lowest BCUT2D eigenvalue weighted by Gasteiger charge is -2.20. The quantitative estimate of drug-likeness (QED) is 0.724. The van der Waals surface area contributed by atoms with E-state index in [4.69, 9.17) is 4.74 Å². The number of anilines is 1. The van der Waals surface area contributed by atoms with Crippen molar-refractivity contribution >= 4 is 28.2 Å². The highest BCUT2D eigenvalue weighted by Crippen LogP contribution is 2.32. The Kier molecular flexibility index (Phi) is 4.88. The minimum atomic E-state index is 0.00833. The van der Waals surface area contributed by atoms with E-state index in [0.29, 0.717) is 18.3 Å². The van der Waals surface area contributed by atoms with Gasteiger partial charge in [0.2, 0.25) is 16.8 Å². The van der Waals surface area contributed by atoms with Gasteiger partial charge in [-0.25, -0.2) is 4.52 Å². The molecule has 1 fully saturated rings. The first kappa shape index (κ1) is 17.0. The van der Waals surface area contributed by atoms with Gasteiger partial charge in [-0.15, -0.1) is 16.4 Å². The summed E-state index contributed by atoms with van der Waals surface area (Å²) in [6.07, 6.45) is 6.63. The predicted molar refractivity (Wildman–Crippen MR) is 103 cm³/mol. The fraction of sp³-hybridized carbons (Fsp3) is 0.421. The van der Waals surface area contributed by atoms with E-state index in [0.717, 1.165) is 34.8 Å². The molecule has 1 N–H and O–H groups in total. The largest absolute Gasteiger partial charge is 0.496 e. The fourth-order valence-electron chi connectivity index (χ4n) is 3.61. The first-order chi connectivity index (χ1) is 12.7. The molecular weight excluding hydrogens is 348 g/mol. The number of nitrogens with zero attached hydrogens (tertiary/aromatic N) is 3. The van der Waals surface area contributed by atoms with Crippen molar-refractivity contribution in [2.75, 3.05) is 12.4 Å². The Morgan fingerprint density at radius 3 is 2.92 bits per heavy atom. The van der Waals surface area contributed by atoms with Gasteiger partial charge in [0, 0.05) is 17.4 Å². The molecule has 0 bridgehead atoms. The summed E-state index contributed by atoms with van der Waals surface area (Å²) in [5.41, 5.74) is 1.86. The number of amides is 1. The van der Waals surface area contributed by atoms with Crippen LogP contribution in [0.2, 0.25) is 0 Å². The molecule has 0 aliphatic heterocycles. The maximum atomic E-state index is 12.3. The molecule has 2 aromatic heterocycles. The molecule has 7 heteroatoms. The van der Waals surface area contributed by atoms with Crippen LogP contribution in [0.25, 0.3) is 16.2 Å². The van der Waals surface area contributed by atoms with Gasteiger partial charge in [0.1, 0.15) is 5.75 Å². The smallest absolute Gasteiger partial charge is 0.250 e. The molecule has 136 valence electrons. The SMILES string of the molecule is COc1ccccc1-c1csc2nc(NC(=O)CC3CCCCC3)nn12. The van der Waals surface area contributed by atoms with Gasteiger partial charge in [0.25, 0.3) is 0 Å². The van der Waals surface area contributed by atoms with Gasteiger partial charge in [-0.1, -0.05) is 31.4 Å². The number of nitrogens with one attached hydrogen (secondary N) is 1. The molecule has 1 amide bonds. The molecule has 1 aromatic carbocycles. The summed E-state index contributed by atoms with van der Waals surface area (Å²) in [6, 6.07) is 7.81. The van der Waals surface area contributed by atoms with Crippen molar-refractivity contribution in [3.8, 4) is 17.0 Å². The van der Waals surface area contributed by atoms with Crippen LogP contribution in [0.5, 0.6) is 5.75 Å². The van der Waals surface area contributed by atoms with Crippen molar-refractivity contribution in [2.45, 2.75) is 38.5 Å². The summed E-state index contributed by atoms with van der Waals surface area (Å²) in [5.74, 6) is 1.66. The van der Waals surface area contributed by atoms with E-state index in [2.05, 4.69) is 15.4 Å². The molecule has 0 spiro atoms. The lowest BCUT2D eigenvalue weighted by atomic mass is 9.87. The number of ether oxygens (including phenoxy) is 1. The van der Waals surface area contributed by atoms with Gasteiger partial charge in [-0.05, 0) is 30.9 Å². The van der Waals surface area contributed by atoms with Crippen molar-refractivity contribution in [2.24, 2.45) is 5.92 Å². The molecular formula is C19H22N4O2S. The van der Waals surface area contributed by atoms with Crippen LogP contribution in [0.4, 0.5) is 5.95 Å². The third-order valence-corrected chi connectivity index (χ3v) is 5.73. The van der Waals surface area contributed by atoms with E-state index in [1.54, 1.807) is 11.6 Å². The summed E-state index contributed by atoms with van der Waals surface area (Å²) >= 11 is 1.49. The Morgan fingerprint density at radius 1 is 1.31 bits per heavy atom. The third-order valence-electron chi connectivity index (χ3n) is 4.91. The zero-order valence-electron chi connectivity index (χ0n) is 14.8. The number of fused-ring (bicyclic) bond motifs is 1. The highest BCUT2D eigenvalue weighted by atomic mass is 32.1. The summed E-state index contributed by atoms with van der Waals surface area (Å²) < 4.78 is 7.21. The van der Waals surface area contributed by atoms with Crippen LogP contribution in [0.15, 0.2) is 29.6 Å². The number of rotatable bonds is 5. The van der Waals surface area contributed by atoms with Crippen LogP contribution < -0.4 is 10.1 Å². The van der Waals surface area contributed by atoms with E-state index in [1.165, 1.54) is 30.6 Å². The number of hydrogen-bond acceptors (Lipinski definition) is 5. The average molecular weight is 370 g/mol. The normalized spacial score (nSPS) is 15.3. The molecule has 0 radical (unpaired) electrons. The van der Waals surface area contributed by atoms with Crippen molar-refractivity contribution in [1.82, 2.24) is 14.6 Å². The van der Waals surface area contributed by atoms with Gasteiger partial charge in [-0.3, -0.25) is 10.1 Å². The van der Waals surface area contributed by atoms with Crippen LogP contribution in [-0.4, -0.2) is 27.6 Å². The summed E-state index contributed by atoms with van der Waals surface area (Å²) in [4.78, 5) is 17.5. The summed E-state index contributed by atoms with van der Waals surface area (Å²) in [5, 5.41) is 9.35. The zero-order chi connectivity index (χ0) is 17.9. The van der Waals surface area contributed by atoms with Crippen LogP contribution >= 0.6 is 11.3 Å². The van der Waals surface area contributed by atoms with Crippen LogP contribution in [0, 0.1) is 5.92 Å². The average Bonchev–Trinajstić information content (AvgIpc) is 3.22. The second kappa shape index (κ2) is 7.45. The van der Waals surface area contributed by atoms with E-state index < -0.39 is 0 Å². The molecule has 1 saturated carbocycles. The molecule has 1 aliphatic rings. The predicted octanol–water partition coefficient (Wildman–Crippen LogP) is 4.38. The number of aromatic nitrogens is 3. The van der Waals surface area contributed by atoms with Crippen LogP contribution in [0.1, 0.15) is 38.5 Å². The second-order valence-electron chi connectivity index (χ2n) is 6.71. The zero-order valence-corrected chi connectivity index (χ0v) is 15.6. The maximum Gasteiger partial charge on any atom is 0.250 e. The minimum absolute atomic E-state index is 0.00833. The van der Waals surface area contributed by atoms with Gasteiger partial charge < -0.3 is 4.74 Å². The fourth-order valence-corrected chi connectivity index (χ4v) is 4.43. The Morgan fingerprint density at radius 2 is 2.12 bits per heavy atom. The number of para-hydroxylation sites is 1. The number of thiazole rings is 1. The molecule has 0 saturated heterocycles. The van der Waals surface area contributed by atoms with Gasteiger partial charge in [0.15, 0.2) is 0 Å². The van der Waals surface area contributed by atoms with E-state index in [1.807, 2.05) is 29.6 Å². The lowest BCUT2D eigenvalue weighted by molar-refractivity contribution is -0.117. The second-order valence-corrected chi connectivity index (χ2v) is 7.54. The summed E-state index contributed by atoms with van der Waals surface area (Å²) in [6.45, 7) is 0. The lowest BCUT2D eigenvalue weighted by Crippen LogP contribution is -2.19. The highest BCUT2D eigenvalue weighted by molar-refractivity contribution is 7.15. The van der Waals surface area contributed by atoms with Crippen molar-refractivity contribution in [3.05, 3.63) is 29.6 Å². The Labute approximate surface area is 156 Å². The maximum absolute atomic E-state index is 12.3. The topological polar surface area (TPSA) is 68.5 Å². The van der Waals surface area contributed by atoms with Gasteiger partial charge in [0.05, 0.1) is 12.8 Å². The summed E-state index contributed by atoms with van der Waals surface area (Å²) in [7, 11) is 1.65. The van der Waals surface area contributed by atoms with Crippen LogP contribution in [-0.2, 0) is 4.79 Å². The van der Waals surface area contributed by atoms with Gasteiger partial charge in [-0.2, -0.15) is 4.98 Å². The Balaban J connectivity index is 1.53. The molecule has 1 aliphatic carbocycles. The number of carbonyl (C=O) groups excluding carboxylic acids is 1. The molecule has 2 heterocycles. The van der Waals surface area contributed by atoms with E-state index in [9.17, 15) is 4.79 Å². The molecule has 0 unspecified atom stereocenters. The molecule has 3 aromatic rings. The third kappa shape index (κ3) is 3.44. The molecule has 6 nitrogen and oxygen atoms in total. The molecule has 26 heavy (non-hydrogen) atoms. The molecule has 0 atom stereocenters.